The summed E-state index contributed by atoms with van der Waals surface area (Å²) in [4.78, 5) is 10.9. The largest absolute Gasteiger partial charge is 0.466 e. The van der Waals surface area contributed by atoms with Gasteiger partial charge >= 0.3 is 5.97 Å². The van der Waals surface area contributed by atoms with E-state index in [0.29, 0.717) is 0 Å². The lowest BCUT2D eigenvalue weighted by Crippen LogP contribution is -2.27. The minimum Gasteiger partial charge on any atom is -0.466 e. The number of halogens is 2. The third-order valence-electron chi connectivity index (χ3n) is 2.22. The second kappa shape index (κ2) is 7.12. The first-order chi connectivity index (χ1) is 9.27. The van der Waals surface area contributed by atoms with Crippen molar-refractivity contribution < 1.29 is 17.9 Å². The molecule has 6 nitrogen and oxygen atoms in total. The highest BCUT2D eigenvalue weighted by atomic mass is 35.5. The quantitative estimate of drug-likeness (QED) is 0.607. The number of rotatable bonds is 6. The number of nitrogens with two attached hydrogens (primary N) is 1. The first-order valence-electron chi connectivity index (χ1n) is 5.67. The Morgan fingerprint density at radius 3 is 2.40 bits per heavy atom. The average molecular weight is 341 g/mol. The lowest BCUT2D eigenvalue weighted by molar-refractivity contribution is -0.142. The summed E-state index contributed by atoms with van der Waals surface area (Å²) in [5.74, 6) is -0.496. The number of hydrogen-bond acceptors (Lipinski definition) is 5. The maximum absolute atomic E-state index is 12.1. The van der Waals surface area contributed by atoms with Crippen LogP contribution in [0.25, 0.3) is 0 Å². The van der Waals surface area contributed by atoms with Crippen molar-refractivity contribution >= 4 is 44.9 Å². The zero-order valence-electron chi connectivity index (χ0n) is 10.7. The predicted octanol–water partition coefficient (Wildman–Crippen LogP) is 1.81. The third-order valence-corrected chi connectivity index (χ3v) is 4.60. The van der Waals surface area contributed by atoms with Gasteiger partial charge in [0.15, 0.2) is 0 Å². The zero-order chi connectivity index (χ0) is 15.3. The molecule has 0 aliphatic carbocycles. The molecule has 1 aromatic carbocycles. The molecule has 3 N–H and O–H groups in total. The van der Waals surface area contributed by atoms with Crippen molar-refractivity contribution in [3.63, 3.8) is 0 Å². The number of nitrogens with one attached hydrogen (secondary N) is 1. The normalized spacial score (nSPS) is 11.3. The van der Waals surface area contributed by atoms with E-state index in [2.05, 4.69) is 9.46 Å². The molecule has 0 aliphatic rings. The zero-order valence-corrected chi connectivity index (χ0v) is 13.0. The molecule has 0 atom stereocenters. The van der Waals surface area contributed by atoms with Crippen LogP contribution < -0.4 is 10.5 Å². The van der Waals surface area contributed by atoms with Gasteiger partial charge in [-0.1, -0.05) is 23.2 Å². The van der Waals surface area contributed by atoms with Crippen molar-refractivity contribution in [3.05, 3.63) is 22.2 Å². The molecule has 9 heteroatoms. The van der Waals surface area contributed by atoms with Crippen molar-refractivity contribution in [3.8, 4) is 0 Å². The molecular weight excluding hydrogens is 327 g/mol. The average Bonchev–Trinajstić information content (AvgIpc) is 2.26. The van der Waals surface area contributed by atoms with E-state index in [9.17, 15) is 13.2 Å². The van der Waals surface area contributed by atoms with Crippen molar-refractivity contribution in [1.82, 2.24) is 4.72 Å². The number of hydrogen-bond donors (Lipinski definition) is 2. The lowest BCUT2D eigenvalue weighted by atomic mass is 10.3. The Labute approximate surface area is 127 Å². The van der Waals surface area contributed by atoms with E-state index in [0.717, 1.165) is 0 Å². The Balaban J connectivity index is 2.82. The molecule has 0 amide bonds. The second-order valence-corrected chi connectivity index (χ2v) is 6.28. The van der Waals surface area contributed by atoms with Gasteiger partial charge in [-0.15, -0.1) is 0 Å². The third kappa shape index (κ3) is 4.52. The van der Waals surface area contributed by atoms with Crippen LogP contribution in [0.2, 0.25) is 10.0 Å². The van der Waals surface area contributed by atoms with E-state index in [1.54, 1.807) is 6.92 Å². The molecule has 112 valence electrons. The fourth-order valence-electron chi connectivity index (χ4n) is 1.43. The molecule has 0 saturated heterocycles. The monoisotopic (exact) mass is 340 g/mol. The SMILES string of the molecule is CCOC(=O)CCNS(=O)(=O)c1c(Cl)cc(N)cc1Cl. The summed E-state index contributed by atoms with van der Waals surface area (Å²) in [6.07, 6.45) is -0.0860. The van der Waals surface area contributed by atoms with Crippen LogP contribution in [-0.4, -0.2) is 27.5 Å². The molecule has 0 bridgehead atoms. The van der Waals surface area contributed by atoms with Gasteiger partial charge in [0.2, 0.25) is 10.0 Å². The van der Waals surface area contributed by atoms with Crippen LogP contribution in [0, 0.1) is 0 Å². The molecule has 0 fully saturated rings. The number of sulfonamides is 1. The molecule has 0 heterocycles. The first kappa shape index (κ1) is 17.0. The van der Waals surface area contributed by atoms with Crippen LogP contribution in [0.1, 0.15) is 13.3 Å². The topological polar surface area (TPSA) is 98.5 Å². The summed E-state index contributed by atoms with van der Waals surface area (Å²) in [6.45, 7) is 1.79. The minimum atomic E-state index is -3.93. The molecule has 20 heavy (non-hydrogen) atoms. The number of carbonyl (C=O) groups excluding carboxylic acids is 1. The van der Waals surface area contributed by atoms with E-state index in [4.69, 9.17) is 28.9 Å². The molecule has 0 aromatic heterocycles. The Bertz CT molecular complexity index is 581. The lowest BCUT2D eigenvalue weighted by Gasteiger charge is -2.10. The van der Waals surface area contributed by atoms with Crippen LogP contribution in [0.5, 0.6) is 0 Å². The summed E-state index contributed by atoms with van der Waals surface area (Å²) in [5, 5.41) is -0.169. The Kier molecular flexibility index (Phi) is 6.07. The molecule has 0 spiro atoms. The highest BCUT2D eigenvalue weighted by molar-refractivity contribution is 7.89. The van der Waals surface area contributed by atoms with E-state index < -0.39 is 16.0 Å². The number of ether oxygens (including phenoxy) is 1. The van der Waals surface area contributed by atoms with Crippen molar-refractivity contribution in [1.29, 1.82) is 0 Å². The van der Waals surface area contributed by atoms with Crippen LogP contribution >= 0.6 is 23.2 Å². The van der Waals surface area contributed by atoms with Crippen molar-refractivity contribution in [2.75, 3.05) is 18.9 Å². The fourth-order valence-corrected chi connectivity index (χ4v) is 3.69. The van der Waals surface area contributed by atoms with Gasteiger partial charge in [-0.25, -0.2) is 13.1 Å². The summed E-state index contributed by atoms with van der Waals surface area (Å²) in [6, 6.07) is 2.57. The van der Waals surface area contributed by atoms with E-state index in [-0.39, 0.29) is 40.2 Å². The standard InChI is InChI=1S/C11H14Cl2N2O4S/c1-2-19-10(16)3-4-15-20(17,18)11-8(12)5-7(14)6-9(11)13/h5-6,15H,2-4,14H2,1H3. The van der Waals surface area contributed by atoms with Gasteiger partial charge in [0, 0.05) is 12.2 Å². The summed E-state index contributed by atoms with van der Waals surface area (Å²) < 4.78 is 31.0. The van der Waals surface area contributed by atoms with Gasteiger partial charge < -0.3 is 10.5 Å². The van der Waals surface area contributed by atoms with Crippen LogP contribution in [0.15, 0.2) is 17.0 Å². The number of nitrogen functional groups attached to an aromatic ring is 1. The second-order valence-electron chi connectivity index (χ2n) is 3.77. The Morgan fingerprint density at radius 2 is 1.90 bits per heavy atom. The van der Waals surface area contributed by atoms with Gasteiger partial charge in [-0.3, -0.25) is 4.79 Å². The number of esters is 1. The van der Waals surface area contributed by atoms with Gasteiger partial charge in [0.05, 0.1) is 23.1 Å². The molecule has 0 unspecified atom stereocenters. The van der Waals surface area contributed by atoms with Gasteiger partial charge in [0.25, 0.3) is 0 Å². The Hall–Kier alpha value is -1.02. The van der Waals surface area contributed by atoms with Crippen LogP contribution in [0.4, 0.5) is 5.69 Å². The molecule has 0 radical (unpaired) electrons. The number of anilines is 1. The summed E-state index contributed by atoms with van der Waals surface area (Å²) in [7, 11) is -3.93. The summed E-state index contributed by atoms with van der Waals surface area (Å²) >= 11 is 11.7. The van der Waals surface area contributed by atoms with Gasteiger partial charge in [-0.2, -0.15) is 0 Å². The number of benzene rings is 1. The Morgan fingerprint density at radius 1 is 1.35 bits per heavy atom. The van der Waals surface area contributed by atoms with E-state index in [1.165, 1.54) is 12.1 Å². The maximum atomic E-state index is 12.1. The molecule has 1 rings (SSSR count). The summed E-state index contributed by atoms with van der Waals surface area (Å²) in [5.41, 5.74) is 5.75. The molecular formula is C11H14Cl2N2O4S. The maximum Gasteiger partial charge on any atom is 0.307 e. The van der Waals surface area contributed by atoms with Gasteiger partial charge in [0.1, 0.15) is 4.90 Å². The highest BCUT2D eigenvalue weighted by Gasteiger charge is 2.22. The smallest absolute Gasteiger partial charge is 0.307 e. The number of carbonyl (C=O) groups is 1. The molecule has 0 aliphatic heterocycles. The highest BCUT2D eigenvalue weighted by Crippen LogP contribution is 2.31. The van der Waals surface area contributed by atoms with Crippen LogP contribution in [-0.2, 0) is 19.6 Å². The van der Waals surface area contributed by atoms with Crippen molar-refractivity contribution in [2.24, 2.45) is 0 Å². The molecule has 0 saturated carbocycles. The van der Waals surface area contributed by atoms with E-state index in [1.807, 2.05) is 0 Å². The van der Waals surface area contributed by atoms with Crippen LogP contribution in [0.3, 0.4) is 0 Å². The van der Waals surface area contributed by atoms with Gasteiger partial charge in [-0.05, 0) is 19.1 Å². The van der Waals surface area contributed by atoms with Crippen molar-refractivity contribution in [2.45, 2.75) is 18.2 Å². The minimum absolute atomic E-state index is 0.0846. The fraction of sp³-hybridized carbons (Fsp3) is 0.364. The van der Waals surface area contributed by atoms with E-state index >= 15 is 0 Å². The predicted molar refractivity (Wildman–Crippen MR) is 77.3 cm³/mol. The molecule has 1 aromatic rings. The first-order valence-corrected chi connectivity index (χ1v) is 7.91.